The highest BCUT2D eigenvalue weighted by molar-refractivity contribution is 5.85. The first-order valence-corrected chi connectivity index (χ1v) is 3.27. The number of primary amides is 1. The lowest BCUT2D eigenvalue weighted by atomic mass is 10.1. The molecule has 0 aliphatic heterocycles. The lowest BCUT2D eigenvalue weighted by molar-refractivity contribution is -0.127. The monoisotopic (exact) mass is 156 g/mol. The molecule has 0 aromatic carbocycles. The summed E-state index contributed by atoms with van der Waals surface area (Å²) in [5.74, 6) is -1.10. The Bertz CT molecular complexity index is 177. The second-order valence-electron chi connectivity index (χ2n) is 2.28. The fourth-order valence-corrected chi connectivity index (χ4v) is 0.637. The normalized spacial score (nSPS) is 11.7. The van der Waals surface area contributed by atoms with Gasteiger partial charge in [0.15, 0.2) is 0 Å². The van der Waals surface area contributed by atoms with Gasteiger partial charge in [0.25, 0.3) is 0 Å². The van der Waals surface area contributed by atoms with E-state index in [2.05, 4.69) is 11.9 Å². The van der Waals surface area contributed by atoms with Gasteiger partial charge >= 0.3 is 0 Å². The van der Waals surface area contributed by atoms with Gasteiger partial charge in [-0.2, -0.15) is 0 Å². The van der Waals surface area contributed by atoms with Crippen LogP contribution in [0.25, 0.3) is 0 Å². The molecular formula is C7H12N2O2. The van der Waals surface area contributed by atoms with Crippen LogP contribution in [0.15, 0.2) is 12.8 Å². The van der Waals surface area contributed by atoms with Crippen molar-refractivity contribution in [2.24, 2.45) is 11.7 Å². The zero-order valence-corrected chi connectivity index (χ0v) is 6.46. The van der Waals surface area contributed by atoms with E-state index in [0.29, 0.717) is 0 Å². The molecule has 0 aromatic heterocycles. The van der Waals surface area contributed by atoms with Gasteiger partial charge in [-0.25, -0.2) is 0 Å². The lowest BCUT2D eigenvalue weighted by Gasteiger charge is -2.05. The summed E-state index contributed by atoms with van der Waals surface area (Å²) in [6, 6.07) is 0. The summed E-state index contributed by atoms with van der Waals surface area (Å²) >= 11 is 0. The zero-order valence-electron chi connectivity index (χ0n) is 6.46. The molecule has 0 fully saturated rings. The van der Waals surface area contributed by atoms with Crippen LogP contribution in [0.5, 0.6) is 0 Å². The fourth-order valence-electron chi connectivity index (χ4n) is 0.637. The molecule has 1 atom stereocenters. The first-order valence-electron chi connectivity index (χ1n) is 3.27. The van der Waals surface area contributed by atoms with E-state index in [-0.39, 0.29) is 18.2 Å². The van der Waals surface area contributed by atoms with Crippen molar-refractivity contribution in [1.29, 1.82) is 0 Å². The summed E-state index contributed by atoms with van der Waals surface area (Å²) in [5, 5.41) is 2.37. The average Bonchev–Trinajstić information content (AvgIpc) is 1.86. The topological polar surface area (TPSA) is 72.2 Å². The highest BCUT2D eigenvalue weighted by Crippen LogP contribution is 1.99. The van der Waals surface area contributed by atoms with E-state index < -0.39 is 5.91 Å². The highest BCUT2D eigenvalue weighted by atomic mass is 16.2. The number of hydrogen-bond acceptors (Lipinski definition) is 2. The maximum atomic E-state index is 10.9. The Morgan fingerprint density at radius 1 is 1.73 bits per heavy atom. The van der Waals surface area contributed by atoms with Crippen molar-refractivity contribution in [3.8, 4) is 0 Å². The third-order valence-corrected chi connectivity index (χ3v) is 1.20. The Labute approximate surface area is 65.5 Å². The molecule has 2 amide bonds. The highest BCUT2D eigenvalue weighted by Gasteiger charge is 2.13. The number of carbonyl (C=O) groups excluding carboxylic acids is 2. The van der Waals surface area contributed by atoms with Gasteiger partial charge in [-0.05, 0) is 6.20 Å². The molecule has 0 rings (SSSR count). The van der Waals surface area contributed by atoms with Gasteiger partial charge in [0.05, 0.1) is 0 Å². The van der Waals surface area contributed by atoms with Gasteiger partial charge in [0.2, 0.25) is 11.8 Å². The molecule has 0 saturated carbocycles. The summed E-state index contributed by atoms with van der Waals surface area (Å²) in [4.78, 5) is 21.2. The van der Waals surface area contributed by atoms with Crippen LogP contribution in [-0.2, 0) is 9.59 Å². The van der Waals surface area contributed by atoms with Crippen molar-refractivity contribution in [2.45, 2.75) is 13.3 Å². The number of nitrogens with one attached hydrogen (secondary N) is 1. The third-order valence-electron chi connectivity index (χ3n) is 1.20. The molecule has 0 aliphatic rings. The molecule has 0 spiro atoms. The summed E-state index contributed by atoms with van der Waals surface area (Å²) in [5.41, 5.74) is 4.88. The molecule has 0 saturated heterocycles. The Morgan fingerprint density at radius 2 is 2.27 bits per heavy atom. The fraction of sp³-hybridized carbons (Fsp3) is 0.429. The van der Waals surface area contributed by atoms with Crippen molar-refractivity contribution < 1.29 is 9.59 Å². The van der Waals surface area contributed by atoms with Crippen LogP contribution >= 0.6 is 0 Å². The molecule has 4 heteroatoms. The molecule has 62 valence electrons. The number of amides is 2. The number of carbonyl (C=O) groups is 2. The smallest absolute Gasteiger partial charge is 0.227 e. The van der Waals surface area contributed by atoms with Gasteiger partial charge in [-0.1, -0.05) is 13.5 Å². The molecule has 3 N–H and O–H groups in total. The Morgan fingerprint density at radius 3 is 2.64 bits per heavy atom. The minimum atomic E-state index is -0.475. The maximum Gasteiger partial charge on any atom is 0.227 e. The standard InChI is InChI=1S/C7H12N2O2/c1-3-9-7(11)5(2)4-6(8)10/h3,5H,1,4H2,2H3,(H2,8,10)(H,9,11). The lowest BCUT2D eigenvalue weighted by Crippen LogP contribution is -2.28. The first kappa shape index (κ1) is 9.68. The van der Waals surface area contributed by atoms with Crippen LogP contribution in [-0.4, -0.2) is 11.8 Å². The van der Waals surface area contributed by atoms with Crippen LogP contribution in [0.1, 0.15) is 13.3 Å². The number of nitrogens with two attached hydrogens (primary N) is 1. The van der Waals surface area contributed by atoms with Crippen LogP contribution in [0, 0.1) is 5.92 Å². The van der Waals surface area contributed by atoms with Gasteiger partial charge in [-0.15, -0.1) is 0 Å². The van der Waals surface area contributed by atoms with E-state index in [9.17, 15) is 9.59 Å². The van der Waals surface area contributed by atoms with Crippen LogP contribution in [0.4, 0.5) is 0 Å². The predicted molar refractivity (Wildman–Crippen MR) is 41.3 cm³/mol. The zero-order chi connectivity index (χ0) is 8.85. The molecule has 1 unspecified atom stereocenters. The van der Waals surface area contributed by atoms with E-state index in [0.717, 1.165) is 0 Å². The Balaban J connectivity index is 3.81. The molecule has 0 bridgehead atoms. The number of hydrogen-bond donors (Lipinski definition) is 2. The quantitative estimate of drug-likeness (QED) is 0.589. The van der Waals surface area contributed by atoms with E-state index >= 15 is 0 Å². The van der Waals surface area contributed by atoms with Gasteiger partial charge in [0.1, 0.15) is 0 Å². The Hall–Kier alpha value is -1.32. The minimum absolute atomic E-state index is 0.0691. The Kier molecular flexibility index (Phi) is 3.95. The summed E-state index contributed by atoms with van der Waals surface area (Å²) < 4.78 is 0. The van der Waals surface area contributed by atoms with Crippen LogP contribution < -0.4 is 11.1 Å². The van der Waals surface area contributed by atoms with Crippen molar-refractivity contribution in [3.05, 3.63) is 12.8 Å². The summed E-state index contributed by atoms with van der Waals surface area (Å²) in [6.45, 7) is 4.94. The third kappa shape index (κ3) is 4.13. The second kappa shape index (κ2) is 4.49. The van der Waals surface area contributed by atoms with E-state index in [4.69, 9.17) is 5.73 Å². The van der Waals surface area contributed by atoms with Gasteiger partial charge < -0.3 is 11.1 Å². The molecule has 0 aliphatic carbocycles. The van der Waals surface area contributed by atoms with Crippen molar-refractivity contribution >= 4 is 11.8 Å². The largest absolute Gasteiger partial charge is 0.370 e. The van der Waals surface area contributed by atoms with Crippen LogP contribution in [0.2, 0.25) is 0 Å². The summed E-state index contributed by atoms with van der Waals surface area (Å²) in [6.07, 6.45) is 1.35. The van der Waals surface area contributed by atoms with Crippen molar-refractivity contribution in [2.75, 3.05) is 0 Å². The molecule has 0 radical (unpaired) electrons. The van der Waals surface area contributed by atoms with E-state index in [1.807, 2.05) is 0 Å². The van der Waals surface area contributed by atoms with E-state index in [1.165, 1.54) is 6.20 Å². The first-order chi connectivity index (χ1) is 5.07. The number of rotatable bonds is 4. The van der Waals surface area contributed by atoms with Gasteiger partial charge in [0, 0.05) is 12.3 Å². The predicted octanol–water partition coefficient (Wildman–Crippen LogP) is -0.242. The van der Waals surface area contributed by atoms with E-state index in [1.54, 1.807) is 6.92 Å². The maximum absolute atomic E-state index is 10.9. The van der Waals surface area contributed by atoms with Crippen molar-refractivity contribution in [1.82, 2.24) is 5.32 Å². The van der Waals surface area contributed by atoms with Crippen molar-refractivity contribution in [3.63, 3.8) is 0 Å². The average molecular weight is 156 g/mol. The molecule has 0 aromatic rings. The SMILES string of the molecule is C=CNC(=O)C(C)CC(N)=O. The molecule has 4 nitrogen and oxygen atoms in total. The minimum Gasteiger partial charge on any atom is -0.370 e. The summed E-state index contributed by atoms with van der Waals surface area (Å²) in [7, 11) is 0. The molecule has 11 heavy (non-hydrogen) atoms. The van der Waals surface area contributed by atoms with Gasteiger partial charge in [-0.3, -0.25) is 9.59 Å². The molecular weight excluding hydrogens is 144 g/mol. The van der Waals surface area contributed by atoms with Crippen LogP contribution in [0.3, 0.4) is 0 Å². The second-order valence-corrected chi connectivity index (χ2v) is 2.28. The molecule has 0 heterocycles.